The van der Waals surface area contributed by atoms with E-state index in [4.69, 9.17) is 20.8 Å². The van der Waals surface area contributed by atoms with Crippen LogP contribution in [0, 0.1) is 17.0 Å². The van der Waals surface area contributed by atoms with Gasteiger partial charge in [0.05, 0.1) is 4.92 Å². The molecule has 0 spiro atoms. The molecule has 0 bridgehead atoms. The Kier molecular flexibility index (Phi) is 6.42. The van der Waals surface area contributed by atoms with Crippen LogP contribution in [0.3, 0.4) is 0 Å². The van der Waals surface area contributed by atoms with Crippen LogP contribution in [0.2, 0.25) is 5.02 Å². The zero-order valence-corrected chi connectivity index (χ0v) is 17.5. The molecule has 156 valence electrons. The quantitative estimate of drug-likeness (QED) is 0.362. The fourth-order valence-corrected chi connectivity index (χ4v) is 3.08. The predicted octanol–water partition coefficient (Wildman–Crippen LogP) is 6.10. The van der Waals surface area contributed by atoms with E-state index in [1.165, 1.54) is 24.3 Å². The molecule has 0 aliphatic rings. The number of ether oxygens (including phenoxy) is 1. The zero-order chi connectivity index (χ0) is 21.8. The topological polar surface area (TPSA) is 94.6 Å². The fourth-order valence-electron chi connectivity index (χ4n) is 2.92. The van der Waals surface area contributed by atoms with Gasteiger partial charge < -0.3 is 14.5 Å². The van der Waals surface area contributed by atoms with E-state index in [1.54, 1.807) is 6.07 Å². The van der Waals surface area contributed by atoms with E-state index in [2.05, 4.69) is 19.2 Å². The molecule has 0 radical (unpaired) electrons. The molecule has 0 fully saturated rings. The SMILES string of the molecule is Cc1ccc(C(C)C)c(OCc2ccc(C(=O)Nc3ccc(Cl)cc3[N+](=O)[O-])o2)c1. The molecule has 0 unspecified atom stereocenters. The number of carbonyl (C=O) groups is 1. The zero-order valence-electron chi connectivity index (χ0n) is 16.8. The molecule has 1 heterocycles. The van der Waals surface area contributed by atoms with E-state index < -0.39 is 10.8 Å². The van der Waals surface area contributed by atoms with Crippen LogP contribution < -0.4 is 10.1 Å². The molecule has 0 saturated heterocycles. The minimum atomic E-state index is -0.614. The molecule has 3 aromatic rings. The number of benzene rings is 2. The average molecular weight is 429 g/mol. The maximum Gasteiger partial charge on any atom is 0.294 e. The first-order chi connectivity index (χ1) is 14.2. The summed E-state index contributed by atoms with van der Waals surface area (Å²) >= 11 is 5.79. The van der Waals surface area contributed by atoms with Crippen molar-refractivity contribution in [2.75, 3.05) is 5.32 Å². The van der Waals surface area contributed by atoms with E-state index in [1.807, 2.05) is 25.1 Å². The molecule has 0 atom stereocenters. The Labute approximate surface area is 178 Å². The molecule has 1 amide bonds. The van der Waals surface area contributed by atoms with Gasteiger partial charge in [-0.1, -0.05) is 37.6 Å². The largest absolute Gasteiger partial charge is 0.485 e. The molecule has 0 saturated carbocycles. The van der Waals surface area contributed by atoms with E-state index in [0.29, 0.717) is 11.7 Å². The number of hydrogen-bond donors (Lipinski definition) is 1. The van der Waals surface area contributed by atoms with E-state index in [0.717, 1.165) is 16.9 Å². The lowest BCUT2D eigenvalue weighted by molar-refractivity contribution is -0.383. The molecule has 8 heteroatoms. The normalized spacial score (nSPS) is 10.8. The van der Waals surface area contributed by atoms with Crippen LogP contribution in [0.5, 0.6) is 5.75 Å². The summed E-state index contributed by atoms with van der Waals surface area (Å²) in [6.07, 6.45) is 0. The summed E-state index contributed by atoms with van der Waals surface area (Å²) in [4.78, 5) is 23.0. The van der Waals surface area contributed by atoms with Crippen molar-refractivity contribution >= 4 is 28.9 Å². The highest BCUT2D eigenvalue weighted by molar-refractivity contribution is 6.31. The number of furan rings is 1. The number of hydrogen-bond acceptors (Lipinski definition) is 5. The molecular formula is C22H21ClN2O5. The summed E-state index contributed by atoms with van der Waals surface area (Å²) in [6, 6.07) is 13.2. The molecular weight excluding hydrogens is 408 g/mol. The van der Waals surface area contributed by atoms with Gasteiger partial charge in [0.25, 0.3) is 11.6 Å². The number of nitrogens with one attached hydrogen (secondary N) is 1. The van der Waals surface area contributed by atoms with E-state index in [9.17, 15) is 14.9 Å². The number of rotatable bonds is 7. The Hall–Kier alpha value is -3.32. The van der Waals surface area contributed by atoms with Crippen LogP contribution in [0.15, 0.2) is 52.9 Å². The Bertz CT molecular complexity index is 1090. The van der Waals surface area contributed by atoms with Gasteiger partial charge in [0, 0.05) is 11.1 Å². The lowest BCUT2D eigenvalue weighted by atomic mass is 10.0. The van der Waals surface area contributed by atoms with Crippen LogP contribution in [-0.4, -0.2) is 10.8 Å². The van der Waals surface area contributed by atoms with Gasteiger partial charge in [-0.05, 0) is 54.3 Å². The predicted molar refractivity (Wildman–Crippen MR) is 114 cm³/mol. The third-order valence-electron chi connectivity index (χ3n) is 4.45. The number of aryl methyl sites for hydroxylation is 1. The van der Waals surface area contributed by atoms with Gasteiger partial charge in [-0.3, -0.25) is 14.9 Å². The van der Waals surface area contributed by atoms with Crippen LogP contribution in [0.25, 0.3) is 0 Å². The van der Waals surface area contributed by atoms with Crippen LogP contribution in [-0.2, 0) is 6.61 Å². The smallest absolute Gasteiger partial charge is 0.294 e. The first kappa shape index (κ1) is 21.4. The van der Waals surface area contributed by atoms with Crippen LogP contribution in [0.4, 0.5) is 11.4 Å². The first-order valence-corrected chi connectivity index (χ1v) is 9.69. The molecule has 2 aromatic carbocycles. The van der Waals surface area contributed by atoms with Gasteiger partial charge in [-0.15, -0.1) is 0 Å². The summed E-state index contributed by atoms with van der Waals surface area (Å²) < 4.78 is 11.5. The minimum absolute atomic E-state index is 0.0196. The average Bonchev–Trinajstić information content (AvgIpc) is 3.16. The van der Waals surface area contributed by atoms with Crippen molar-refractivity contribution in [2.24, 2.45) is 0 Å². The summed E-state index contributed by atoms with van der Waals surface area (Å²) in [5.41, 5.74) is 1.90. The molecule has 30 heavy (non-hydrogen) atoms. The Morgan fingerprint density at radius 1 is 1.20 bits per heavy atom. The highest BCUT2D eigenvalue weighted by atomic mass is 35.5. The summed E-state index contributed by atoms with van der Waals surface area (Å²) in [5, 5.41) is 13.9. The van der Waals surface area contributed by atoms with Crippen LogP contribution in [0.1, 0.15) is 47.2 Å². The number of nitrogens with zero attached hydrogens (tertiary/aromatic N) is 1. The van der Waals surface area contributed by atoms with Gasteiger partial charge in [0.15, 0.2) is 5.76 Å². The number of nitro groups is 1. The van der Waals surface area contributed by atoms with E-state index in [-0.39, 0.29) is 28.8 Å². The number of halogens is 1. The first-order valence-electron chi connectivity index (χ1n) is 9.32. The number of nitro benzene ring substituents is 1. The summed E-state index contributed by atoms with van der Waals surface area (Å²) in [6.45, 7) is 6.31. The van der Waals surface area contributed by atoms with Crippen molar-refractivity contribution in [3.63, 3.8) is 0 Å². The fraction of sp³-hybridized carbons (Fsp3) is 0.227. The van der Waals surface area contributed by atoms with Crippen molar-refractivity contribution in [2.45, 2.75) is 33.3 Å². The number of anilines is 1. The van der Waals surface area contributed by atoms with E-state index >= 15 is 0 Å². The maximum atomic E-state index is 12.4. The second-order valence-electron chi connectivity index (χ2n) is 7.12. The monoisotopic (exact) mass is 428 g/mol. The van der Waals surface area contributed by atoms with Crippen molar-refractivity contribution < 1.29 is 18.9 Å². The second-order valence-corrected chi connectivity index (χ2v) is 7.56. The number of carbonyl (C=O) groups excluding carboxylic acids is 1. The Balaban J connectivity index is 1.71. The summed E-state index contributed by atoms with van der Waals surface area (Å²) in [5.74, 6) is 0.941. The van der Waals surface area contributed by atoms with Crippen molar-refractivity contribution in [1.29, 1.82) is 0 Å². The third kappa shape index (κ3) is 4.99. The van der Waals surface area contributed by atoms with Crippen molar-refractivity contribution in [3.8, 4) is 5.75 Å². The molecule has 3 rings (SSSR count). The Morgan fingerprint density at radius 2 is 1.97 bits per heavy atom. The van der Waals surface area contributed by atoms with Crippen molar-refractivity contribution in [1.82, 2.24) is 0 Å². The van der Waals surface area contributed by atoms with Gasteiger partial charge in [-0.25, -0.2) is 0 Å². The highest BCUT2D eigenvalue weighted by Gasteiger charge is 2.19. The van der Waals surface area contributed by atoms with Crippen molar-refractivity contribution in [3.05, 3.63) is 86.3 Å². The van der Waals surface area contributed by atoms with Gasteiger partial charge in [-0.2, -0.15) is 0 Å². The standard InChI is InChI=1S/C22H21ClN2O5/c1-13(2)17-7-4-14(3)10-21(17)29-12-16-6-9-20(30-16)22(26)24-18-8-5-15(23)11-19(18)25(27)28/h4-11,13H,12H2,1-3H3,(H,24,26). The summed E-state index contributed by atoms with van der Waals surface area (Å²) in [7, 11) is 0. The second kappa shape index (κ2) is 9.00. The van der Waals surface area contributed by atoms with Gasteiger partial charge >= 0.3 is 0 Å². The Morgan fingerprint density at radius 3 is 2.67 bits per heavy atom. The van der Waals surface area contributed by atoms with Gasteiger partial charge in [0.1, 0.15) is 23.8 Å². The molecule has 0 aliphatic heterocycles. The lowest BCUT2D eigenvalue weighted by Crippen LogP contribution is -2.12. The maximum absolute atomic E-state index is 12.4. The lowest BCUT2D eigenvalue weighted by Gasteiger charge is -2.14. The highest BCUT2D eigenvalue weighted by Crippen LogP contribution is 2.29. The third-order valence-corrected chi connectivity index (χ3v) is 4.69. The van der Waals surface area contributed by atoms with Gasteiger partial charge in [0.2, 0.25) is 0 Å². The molecule has 1 N–H and O–H groups in total. The van der Waals surface area contributed by atoms with Crippen LogP contribution >= 0.6 is 11.6 Å². The molecule has 0 aliphatic carbocycles. The minimum Gasteiger partial charge on any atom is -0.485 e. The molecule has 7 nitrogen and oxygen atoms in total. The molecule has 1 aromatic heterocycles. The number of amides is 1.